The molecule has 0 bridgehead atoms. The molecule has 0 N–H and O–H groups in total. The van der Waals surface area contributed by atoms with Crippen molar-refractivity contribution in [2.75, 3.05) is 20.1 Å². The van der Waals surface area contributed by atoms with Gasteiger partial charge >= 0.3 is 0 Å². The quantitative estimate of drug-likeness (QED) is 0.665. The van der Waals surface area contributed by atoms with Crippen molar-refractivity contribution in [3.8, 4) is 0 Å². The molecule has 0 atom stereocenters. The fraction of sp³-hybridized carbons (Fsp3) is 0.909. The molecule has 1 aliphatic carbocycles. The van der Waals surface area contributed by atoms with Crippen LogP contribution in [0.4, 0.5) is 0 Å². The number of rotatable bonds is 4. The summed E-state index contributed by atoms with van der Waals surface area (Å²) in [5, 5.41) is 0. The Kier molecular flexibility index (Phi) is 4.43. The highest BCUT2D eigenvalue weighted by atomic mass is 16.1. The molecule has 0 heterocycles. The molecule has 76 valence electrons. The molecule has 0 radical (unpaired) electrons. The van der Waals surface area contributed by atoms with E-state index in [1.807, 2.05) is 0 Å². The third kappa shape index (κ3) is 3.90. The summed E-state index contributed by atoms with van der Waals surface area (Å²) in [6, 6.07) is 0. The monoisotopic (exact) mass is 183 g/mol. The summed E-state index contributed by atoms with van der Waals surface area (Å²) in [6.45, 7) is 4.58. The second kappa shape index (κ2) is 5.38. The Morgan fingerprint density at radius 1 is 1.38 bits per heavy atom. The van der Waals surface area contributed by atoms with Gasteiger partial charge in [-0.05, 0) is 38.8 Å². The second-order valence-corrected chi connectivity index (χ2v) is 4.24. The van der Waals surface area contributed by atoms with Crippen LogP contribution in [0, 0.1) is 5.92 Å². The number of hydrogen-bond donors (Lipinski definition) is 0. The molecule has 2 nitrogen and oxygen atoms in total. The summed E-state index contributed by atoms with van der Waals surface area (Å²) in [5.74, 6) is 1.24. The first-order chi connectivity index (χ1) is 6.22. The zero-order chi connectivity index (χ0) is 9.68. The van der Waals surface area contributed by atoms with E-state index in [0.717, 1.165) is 31.6 Å². The Hall–Kier alpha value is -0.370. The highest BCUT2D eigenvalue weighted by molar-refractivity contribution is 5.79. The number of hydrogen-bond acceptors (Lipinski definition) is 2. The van der Waals surface area contributed by atoms with Crippen LogP contribution in [0.1, 0.15) is 39.0 Å². The van der Waals surface area contributed by atoms with E-state index in [1.54, 1.807) is 0 Å². The van der Waals surface area contributed by atoms with Crippen molar-refractivity contribution in [2.45, 2.75) is 39.0 Å². The minimum Gasteiger partial charge on any atom is -0.306 e. The molecule has 13 heavy (non-hydrogen) atoms. The van der Waals surface area contributed by atoms with Crippen LogP contribution in [0.3, 0.4) is 0 Å². The molecule has 0 amide bonds. The lowest BCUT2D eigenvalue weighted by atomic mass is 9.88. The Morgan fingerprint density at radius 3 is 2.54 bits per heavy atom. The van der Waals surface area contributed by atoms with Crippen molar-refractivity contribution in [3.05, 3.63) is 0 Å². The number of carbonyl (C=O) groups is 1. The fourth-order valence-corrected chi connectivity index (χ4v) is 2.10. The molecule has 1 rings (SSSR count). The van der Waals surface area contributed by atoms with Crippen LogP contribution in [-0.4, -0.2) is 30.8 Å². The molecule has 0 saturated heterocycles. The van der Waals surface area contributed by atoms with Gasteiger partial charge in [0.25, 0.3) is 0 Å². The highest BCUT2D eigenvalue weighted by Gasteiger charge is 2.19. The maximum atomic E-state index is 11.0. The molecule has 0 aliphatic heterocycles. The van der Waals surface area contributed by atoms with E-state index in [4.69, 9.17) is 0 Å². The first-order valence-electron chi connectivity index (χ1n) is 5.42. The van der Waals surface area contributed by atoms with Gasteiger partial charge in [-0.1, -0.05) is 6.92 Å². The van der Waals surface area contributed by atoms with E-state index in [0.29, 0.717) is 5.78 Å². The lowest BCUT2D eigenvalue weighted by Crippen LogP contribution is -2.29. The molecule has 1 aliphatic rings. The van der Waals surface area contributed by atoms with Crippen LogP contribution >= 0.6 is 0 Å². The summed E-state index contributed by atoms with van der Waals surface area (Å²) in [6.07, 6.45) is 5.11. The summed E-state index contributed by atoms with van der Waals surface area (Å²) in [4.78, 5) is 13.4. The second-order valence-electron chi connectivity index (χ2n) is 4.24. The smallest absolute Gasteiger partial charge is 0.132 e. The molecular formula is C11H21NO. The molecule has 0 unspecified atom stereocenters. The maximum absolute atomic E-state index is 11.0. The van der Waals surface area contributed by atoms with E-state index in [1.165, 1.54) is 19.5 Å². The fourth-order valence-electron chi connectivity index (χ4n) is 2.10. The van der Waals surface area contributed by atoms with Crippen LogP contribution < -0.4 is 0 Å². The molecule has 1 fully saturated rings. The van der Waals surface area contributed by atoms with Gasteiger partial charge < -0.3 is 4.90 Å². The molecule has 0 aromatic rings. The number of nitrogens with zero attached hydrogens (tertiary/aromatic N) is 1. The van der Waals surface area contributed by atoms with E-state index in [2.05, 4.69) is 18.9 Å². The largest absolute Gasteiger partial charge is 0.306 e. The van der Waals surface area contributed by atoms with Crippen LogP contribution in [0.15, 0.2) is 0 Å². The van der Waals surface area contributed by atoms with Gasteiger partial charge in [0, 0.05) is 19.4 Å². The van der Waals surface area contributed by atoms with E-state index in [9.17, 15) is 4.79 Å². The lowest BCUT2D eigenvalue weighted by Gasteiger charge is -2.26. The minimum atomic E-state index is 0.467. The van der Waals surface area contributed by atoms with Gasteiger partial charge in [-0.2, -0.15) is 0 Å². The van der Waals surface area contributed by atoms with Gasteiger partial charge in [0.05, 0.1) is 0 Å². The van der Waals surface area contributed by atoms with Crippen LogP contribution in [0.25, 0.3) is 0 Å². The highest BCUT2D eigenvalue weighted by Crippen LogP contribution is 2.21. The number of ketones is 1. The first kappa shape index (κ1) is 10.7. The predicted molar refractivity (Wildman–Crippen MR) is 54.8 cm³/mol. The number of Topliss-reactive ketones (excluding diaryl/α,β-unsaturated/α-hetero) is 1. The Balaban J connectivity index is 2.18. The Labute approximate surface area is 81.3 Å². The number of carbonyl (C=O) groups excluding carboxylic acids is 1. The van der Waals surface area contributed by atoms with Gasteiger partial charge in [0.15, 0.2) is 0 Å². The van der Waals surface area contributed by atoms with Crippen molar-refractivity contribution in [1.82, 2.24) is 4.90 Å². The van der Waals surface area contributed by atoms with Gasteiger partial charge in [0.1, 0.15) is 5.78 Å². The van der Waals surface area contributed by atoms with Gasteiger partial charge in [-0.3, -0.25) is 4.79 Å². The van der Waals surface area contributed by atoms with Crippen LogP contribution in [0.5, 0.6) is 0 Å². The van der Waals surface area contributed by atoms with Gasteiger partial charge in [-0.15, -0.1) is 0 Å². The lowest BCUT2D eigenvalue weighted by molar-refractivity contribution is -0.121. The molecule has 2 heteroatoms. The average Bonchev–Trinajstić information content (AvgIpc) is 2.09. The first-order valence-corrected chi connectivity index (χ1v) is 5.42. The van der Waals surface area contributed by atoms with Gasteiger partial charge in [-0.25, -0.2) is 0 Å². The summed E-state index contributed by atoms with van der Waals surface area (Å²) >= 11 is 0. The normalized spacial score (nSPS) is 19.8. The molecule has 1 saturated carbocycles. The molecular weight excluding hydrogens is 162 g/mol. The van der Waals surface area contributed by atoms with Crippen molar-refractivity contribution in [2.24, 2.45) is 5.92 Å². The van der Waals surface area contributed by atoms with Crippen molar-refractivity contribution >= 4 is 5.78 Å². The van der Waals surface area contributed by atoms with Gasteiger partial charge in [0.2, 0.25) is 0 Å². The third-order valence-corrected chi connectivity index (χ3v) is 2.84. The SMILES string of the molecule is CCCN(C)CC1CCC(=O)CC1. The third-order valence-electron chi connectivity index (χ3n) is 2.84. The van der Waals surface area contributed by atoms with Crippen LogP contribution in [-0.2, 0) is 4.79 Å². The van der Waals surface area contributed by atoms with Crippen molar-refractivity contribution in [1.29, 1.82) is 0 Å². The summed E-state index contributed by atoms with van der Waals surface area (Å²) in [5.41, 5.74) is 0. The average molecular weight is 183 g/mol. The summed E-state index contributed by atoms with van der Waals surface area (Å²) < 4.78 is 0. The molecule has 0 spiro atoms. The zero-order valence-electron chi connectivity index (χ0n) is 8.88. The van der Waals surface area contributed by atoms with E-state index < -0.39 is 0 Å². The van der Waals surface area contributed by atoms with Crippen molar-refractivity contribution in [3.63, 3.8) is 0 Å². The predicted octanol–water partition coefficient (Wildman–Crippen LogP) is 2.09. The Morgan fingerprint density at radius 2 is 2.00 bits per heavy atom. The Bertz CT molecular complexity index is 157. The minimum absolute atomic E-state index is 0.467. The maximum Gasteiger partial charge on any atom is 0.132 e. The van der Waals surface area contributed by atoms with E-state index in [-0.39, 0.29) is 0 Å². The summed E-state index contributed by atoms with van der Waals surface area (Å²) in [7, 11) is 2.18. The molecule has 0 aromatic carbocycles. The topological polar surface area (TPSA) is 20.3 Å². The van der Waals surface area contributed by atoms with Crippen LogP contribution in [0.2, 0.25) is 0 Å². The standard InChI is InChI=1S/C11H21NO/c1-3-8-12(2)9-10-4-6-11(13)7-5-10/h10H,3-9H2,1-2H3. The zero-order valence-corrected chi connectivity index (χ0v) is 8.88. The van der Waals surface area contributed by atoms with Crippen molar-refractivity contribution < 1.29 is 4.79 Å². The molecule has 0 aromatic heterocycles. The van der Waals surface area contributed by atoms with E-state index >= 15 is 0 Å².